The summed E-state index contributed by atoms with van der Waals surface area (Å²) in [5.74, 6) is -0.288. The lowest BCUT2D eigenvalue weighted by Crippen LogP contribution is -2.42. The zero-order valence-electron chi connectivity index (χ0n) is 23.8. The summed E-state index contributed by atoms with van der Waals surface area (Å²) in [7, 11) is 1.50. The van der Waals surface area contributed by atoms with Gasteiger partial charge in [-0.15, -0.1) is 0 Å². The van der Waals surface area contributed by atoms with E-state index in [4.69, 9.17) is 18.9 Å². The molecule has 3 aromatic carbocycles. The molecule has 3 unspecified atom stereocenters. The number of hydrogen-bond donors (Lipinski definition) is 2. The van der Waals surface area contributed by atoms with Gasteiger partial charge in [-0.05, 0) is 60.2 Å². The van der Waals surface area contributed by atoms with Gasteiger partial charge in [-0.25, -0.2) is 9.59 Å². The smallest absolute Gasteiger partial charge is 0.418 e. The van der Waals surface area contributed by atoms with Crippen LogP contribution in [0.1, 0.15) is 35.1 Å². The van der Waals surface area contributed by atoms with Crippen LogP contribution in [0.5, 0.6) is 11.5 Å². The minimum absolute atomic E-state index is 0.00594. The molecule has 1 saturated heterocycles. The molecule has 0 amide bonds. The first-order chi connectivity index (χ1) is 21.7. The highest BCUT2D eigenvalue weighted by Gasteiger charge is 2.34. The minimum atomic E-state index is -1.17. The van der Waals surface area contributed by atoms with Gasteiger partial charge in [-0.2, -0.15) is 10.5 Å². The lowest BCUT2D eigenvalue weighted by Gasteiger charge is -2.31. The summed E-state index contributed by atoms with van der Waals surface area (Å²) in [5, 5.41) is 39.3. The predicted molar refractivity (Wildman–Crippen MR) is 165 cm³/mol. The summed E-state index contributed by atoms with van der Waals surface area (Å²) in [6.45, 7) is -0.0660. The maximum Gasteiger partial charge on any atom is 0.418 e. The molecule has 12 heteroatoms. The van der Waals surface area contributed by atoms with E-state index in [2.05, 4.69) is 28.1 Å². The number of carbonyl (C=O) groups is 2. The van der Waals surface area contributed by atoms with E-state index >= 15 is 0 Å². The monoisotopic (exact) mass is 671 g/mol. The second kappa shape index (κ2) is 13.7. The molecule has 5 rings (SSSR count). The van der Waals surface area contributed by atoms with Gasteiger partial charge in [0.1, 0.15) is 18.1 Å². The number of carbonyl (C=O) groups excluding carboxylic acids is 1. The fourth-order valence-corrected chi connectivity index (χ4v) is 5.30. The number of fused-ring (bicyclic) bond motifs is 1. The number of aromatic nitrogens is 1. The van der Waals surface area contributed by atoms with E-state index in [9.17, 15) is 30.3 Å². The van der Waals surface area contributed by atoms with Crippen LogP contribution in [-0.4, -0.2) is 52.5 Å². The Morgan fingerprint density at radius 3 is 2.58 bits per heavy atom. The molecule has 3 atom stereocenters. The number of methoxy groups -OCH3 is 1. The Kier molecular flexibility index (Phi) is 9.50. The number of carboxylic acid groups (broad SMARTS) is 1. The number of carboxylic acids is 1. The lowest BCUT2D eigenvalue weighted by atomic mass is 10.0. The van der Waals surface area contributed by atoms with Crippen LogP contribution in [0.2, 0.25) is 0 Å². The van der Waals surface area contributed by atoms with E-state index in [0.717, 1.165) is 4.47 Å². The maximum absolute atomic E-state index is 13.3. The number of nitriles is 2. The third-order valence-electron chi connectivity index (χ3n) is 7.13. The number of aliphatic hydroxyl groups excluding tert-OH is 1. The molecule has 2 heterocycles. The Labute approximate surface area is 266 Å². The molecule has 0 radical (unpaired) electrons. The highest BCUT2D eigenvalue weighted by molar-refractivity contribution is 9.10. The number of benzene rings is 3. The molecule has 45 heavy (non-hydrogen) atoms. The Bertz CT molecular complexity index is 1870. The predicted octanol–water partition coefficient (Wildman–Crippen LogP) is 5.86. The van der Waals surface area contributed by atoms with Crippen LogP contribution >= 0.6 is 15.9 Å². The van der Waals surface area contributed by atoms with Crippen molar-refractivity contribution in [3.63, 3.8) is 0 Å². The molecule has 2 N–H and O–H groups in total. The molecule has 228 valence electrons. The second-order valence-corrected chi connectivity index (χ2v) is 11.1. The summed E-state index contributed by atoms with van der Waals surface area (Å²) < 4.78 is 24.2. The molecular formula is C33H26BrN3O8. The van der Waals surface area contributed by atoms with Crippen molar-refractivity contribution in [2.45, 2.75) is 37.9 Å². The standard InChI is InChI=1S/C33H26BrN3O8/c1-42-29-9-4-20(15-35)10-21(29)11-22(16-36)27-17-37(28-8-5-23(34)12-26(27)28)33(41)43-18-19-2-6-25(7-3-19)44-31-14-24(38)13-30(45-31)32(39)40/h2-12,17,24,30-31,38H,13-14,18H2,1H3,(H,39,40)/b22-11+. The number of aliphatic carboxylic acids is 1. The van der Waals surface area contributed by atoms with Gasteiger partial charge in [0.25, 0.3) is 0 Å². The van der Waals surface area contributed by atoms with Gasteiger partial charge >= 0.3 is 12.1 Å². The lowest BCUT2D eigenvalue weighted by molar-refractivity contribution is -0.195. The van der Waals surface area contributed by atoms with Gasteiger partial charge in [0.05, 0.1) is 42.0 Å². The summed E-state index contributed by atoms with van der Waals surface area (Å²) >= 11 is 3.46. The molecule has 0 aliphatic carbocycles. The Morgan fingerprint density at radius 1 is 1.11 bits per heavy atom. The number of nitrogens with zero attached hydrogens (tertiary/aromatic N) is 3. The molecule has 0 saturated carbocycles. The molecule has 1 aliphatic heterocycles. The third kappa shape index (κ3) is 7.16. The number of aliphatic hydroxyl groups is 1. The summed E-state index contributed by atoms with van der Waals surface area (Å²) in [4.78, 5) is 24.5. The topological polar surface area (TPSA) is 164 Å². The van der Waals surface area contributed by atoms with E-state index in [1.54, 1.807) is 66.7 Å². The maximum atomic E-state index is 13.3. The number of ether oxygens (including phenoxy) is 4. The fourth-order valence-electron chi connectivity index (χ4n) is 4.94. The van der Waals surface area contributed by atoms with Gasteiger partial charge < -0.3 is 29.2 Å². The van der Waals surface area contributed by atoms with Crippen molar-refractivity contribution in [2.24, 2.45) is 0 Å². The van der Waals surface area contributed by atoms with Crippen LogP contribution in [0.3, 0.4) is 0 Å². The van der Waals surface area contributed by atoms with Crippen molar-refractivity contribution < 1.29 is 38.7 Å². The highest BCUT2D eigenvalue weighted by atomic mass is 79.9. The van der Waals surface area contributed by atoms with E-state index < -0.39 is 30.6 Å². The second-order valence-electron chi connectivity index (χ2n) is 10.1. The van der Waals surface area contributed by atoms with Crippen LogP contribution in [0.25, 0.3) is 22.6 Å². The molecule has 4 aromatic rings. The van der Waals surface area contributed by atoms with Crippen molar-refractivity contribution in [3.05, 3.63) is 93.6 Å². The van der Waals surface area contributed by atoms with Crippen LogP contribution in [0.15, 0.2) is 71.3 Å². The first-order valence-corrected chi connectivity index (χ1v) is 14.5. The molecule has 11 nitrogen and oxygen atoms in total. The zero-order valence-corrected chi connectivity index (χ0v) is 25.4. The highest BCUT2D eigenvalue weighted by Crippen LogP contribution is 2.33. The Balaban J connectivity index is 1.34. The number of hydrogen-bond acceptors (Lipinski definition) is 9. The zero-order chi connectivity index (χ0) is 32.1. The van der Waals surface area contributed by atoms with Crippen LogP contribution in [0.4, 0.5) is 4.79 Å². The van der Waals surface area contributed by atoms with E-state index in [1.165, 1.54) is 17.9 Å². The van der Waals surface area contributed by atoms with Crippen molar-refractivity contribution >= 4 is 50.5 Å². The summed E-state index contributed by atoms with van der Waals surface area (Å²) in [6, 6.07) is 21.1. The fraction of sp³-hybridized carbons (Fsp3) is 0.212. The molecule has 0 bridgehead atoms. The molecule has 1 aliphatic rings. The third-order valence-corrected chi connectivity index (χ3v) is 7.62. The molecule has 1 fully saturated rings. The van der Waals surface area contributed by atoms with Gasteiger partial charge in [0, 0.05) is 40.0 Å². The van der Waals surface area contributed by atoms with Crippen molar-refractivity contribution in [1.82, 2.24) is 4.57 Å². The van der Waals surface area contributed by atoms with Crippen molar-refractivity contribution in [3.8, 4) is 23.6 Å². The molecule has 0 spiro atoms. The quantitative estimate of drug-likeness (QED) is 0.217. The van der Waals surface area contributed by atoms with Crippen LogP contribution in [0, 0.1) is 22.7 Å². The van der Waals surface area contributed by atoms with Crippen molar-refractivity contribution in [1.29, 1.82) is 10.5 Å². The van der Waals surface area contributed by atoms with Gasteiger partial charge in [0.15, 0.2) is 6.10 Å². The summed E-state index contributed by atoms with van der Waals surface area (Å²) in [6.07, 6.45) is -0.320. The first kappa shape index (κ1) is 31.3. The van der Waals surface area contributed by atoms with Gasteiger partial charge in [-0.1, -0.05) is 28.1 Å². The van der Waals surface area contributed by atoms with Crippen LogP contribution < -0.4 is 9.47 Å². The minimum Gasteiger partial charge on any atom is -0.496 e. The Morgan fingerprint density at radius 2 is 1.89 bits per heavy atom. The molecule has 1 aromatic heterocycles. The number of allylic oxidation sites excluding steroid dienone is 1. The molecular weight excluding hydrogens is 646 g/mol. The van der Waals surface area contributed by atoms with Gasteiger partial charge in [0.2, 0.25) is 6.29 Å². The normalized spacial score (nSPS) is 18.1. The van der Waals surface area contributed by atoms with E-state index in [-0.39, 0.29) is 25.0 Å². The number of halogens is 1. The van der Waals surface area contributed by atoms with Crippen LogP contribution in [-0.2, 0) is 20.9 Å². The average molecular weight is 672 g/mol. The first-order valence-electron chi connectivity index (χ1n) is 13.7. The average Bonchev–Trinajstić information content (AvgIpc) is 3.41. The van der Waals surface area contributed by atoms with Crippen molar-refractivity contribution in [2.75, 3.05) is 7.11 Å². The SMILES string of the molecule is COc1ccc(C#N)cc1/C=C(\C#N)c1cn(C(=O)OCc2ccc(OC3CC(O)CC(C(=O)O)O3)cc2)c2ccc(Br)cc12. The van der Waals surface area contributed by atoms with Gasteiger partial charge in [-0.3, -0.25) is 4.57 Å². The number of rotatable bonds is 8. The Hall–Kier alpha value is -5.14. The largest absolute Gasteiger partial charge is 0.496 e. The van der Waals surface area contributed by atoms with E-state index in [0.29, 0.717) is 44.7 Å². The summed E-state index contributed by atoms with van der Waals surface area (Å²) in [5.41, 5.74) is 2.85. The van der Waals surface area contributed by atoms with E-state index in [1.807, 2.05) is 0 Å².